The normalized spacial score (nSPS) is 28.7. The molecule has 1 aliphatic heterocycles. The van der Waals surface area contributed by atoms with E-state index in [1.54, 1.807) is 0 Å². The average molecular weight is 275 g/mol. The Morgan fingerprint density at radius 2 is 1.83 bits per heavy atom. The summed E-state index contributed by atoms with van der Waals surface area (Å²) in [5.41, 5.74) is -0.482. The summed E-state index contributed by atoms with van der Waals surface area (Å²) in [5, 5.41) is 2.84. The molecule has 1 amide bonds. The molecular formula is C12H21NO4S. The first kappa shape index (κ1) is 13.6. The predicted molar refractivity (Wildman–Crippen MR) is 68.1 cm³/mol. The van der Waals surface area contributed by atoms with E-state index in [0.29, 0.717) is 12.8 Å². The van der Waals surface area contributed by atoms with E-state index in [4.69, 9.17) is 4.74 Å². The molecule has 1 heterocycles. The molecule has 1 N–H and O–H groups in total. The van der Waals surface area contributed by atoms with Gasteiger partial charge in [-0.25, -0.2) is 13.2 Å². The Kier molecular flexibility index (Phi) is 3.12. The standard InChI is InChI=1S/C12H21NO4S/c1-11(2,3)17-10(14)13-9-8-12(9)4-6-18(15,16)7-5-12/h9H,4-8H2,1-3H3,(H,13,14). The van der Waals surface area contributed by atoms with Gasteiger partial charge in [0.2, 0.25) is 0 Å². The van der Waals surface area contributed by atoms with Crippen molar-refractivity contribution >= 4 is 15.9 Å². The van der Waals surface area contributed by atoms with Crippen LogP contribution in [0.5, 0.6) is 0 Å². The Morgan fingerprint density at radius 1 is 1.28 bits per heavy atom. The van der Waals surface area contributed by atoms with Crippen molar-refractivity contribution in [3.05, 3.63) is 0 Å². The molecule has 1 unspecified atom stereocenters. The molecule has 1 atom stereocenters. The van der Waals surface area contributed by atoms with Gasteiger partial charge in [0.05, 0.1) is 11.5 Å². The molecule has 1 spiro atoms. The molecule has 1 aliphatic carbocycles. The summed E-state index contributed by atoms with van der Waals surface area (Å²) < 4.78 is 27.9. The van der Waals surface area contributed by atoms with Crippen LogP contribution in [0.4, 0.5) is 4.79 Å². The summed E-state index contributed by atoms with van der Waals surface area (Å²) in [6.45, 7) is 5.47. The van der Waals surface area contributed by atoms with Crippen molar-refractivity contribution in [1.29, 1.82) is 0 Å². The molecule has 2 aliphatic rings. The van der Waals surface area contributed by atoms with Crippen LogP contribution in [0.3, 0.4) is 0 Å². The van der Waals surface area contributed by atoms with Gasteiger partial charge in [-0.3, -0.25) is 0 Å². The number of sulfone groups is 1. The molecule has 18 heavy (non-hydrogen) atoms. The van der Waals surface area contributed by atoms with E-state index in [0.717, 1.165) is 6.42 Å². The van der Waals surface area contributed by atoms with Crippen molar-refractivity contribution in [2.75, 3.05) is 11.5 Å². The van der Waals surface area contributed by atoms with E-state index in [2.05, 4.69) is 5.32 Å². The quantitative estimate of drug-likeness (QED) is 0.786. The van der Waals surface area contributed by atoms with Gasteiger partial charge in [-0.2, -0.15) is 0 Å². The molecule has 0 radical (unpaired) electrons. The second-order valence-electron chi connectivity index (χ2n) is 6.42. The maximum absolute atomic E-state index is 11.6. The van der Waals surface area contributed by atoms with Gasteiger partial charge in [-0.05, 0) is 45.4 Å². The Labute approximate surface area is 108 Å². The highest BCUT2D eigenvalue weighted by Gasteiger charge is 2.56. The van der Waals surface area contributed by atoms with Gasteiger partial charge in [-0.15, -0.1) is 0 Å². The van der Waals surface area contributed by atoms with E-state index in [9.17, 15) is 13.2 Å². The van der Waals surface area contributed by atoms with Gasteiger partial charge in [-0.1, -0.05) is 0 Å². The number of ether oxygens (including phenoxy) is 1. The Bertz CT molecular complexity index is 435. The summed E-state index contributed by atoms with van der Waals surface area (Å²) in [4.78, 5) is 11.6. The van der Waals surface area contributed by atoms with Crippen LogP contribution in [0.15, 0.2) is 0 Å². The van der Waals surface area contributed by atoms with Crippen molar-refractivity contribution in [1.82, 2.24) is 5.32 Å². The summed E-state index contributed by atoms with van der Waals surface area (Å²) in [7, 11) is -2.84. The van der Waals surface area contributed by atoms with Crippen LogP contribution in [0.1, 0.15) is 40.0 Å². The highest BCUT2D eigenvalue weighted by atomic mass is 32.2. The lowest BCUT2D eigenvalue weighted by Gasteiger charge is -2.24. The molecule has 1 saturated carbocycles. The van der Waals surface area contributed by atoms with E-state index in [1.807, 2.05) is 20.8 Å². The first-order valence-corrected chi connectivity index (χ1v) is 8.14. The van der Waals surface area contributed by atoms with Crippen molar-refractivity contribution in [2.45, 2.75) is 51.7 Å². The van der Waals surface area contributed by atoms with Gasteiger partial charge in [0, 0.05) is 6.04 Å². The van der Waals surface area contributed by atoms with Crippen LogP contribution in [-0.4, -0.2) is 37.7 Å². The molecule has 5 nitrogen and oxygen atoms in total. The topological polar surface area (TPSA) is 72.5 Å². The fourth-order valence-corrected chi connectivity index (χ4v) is 4.14. The van der Waals surface area contributed by atoms with E-state index >= 15 is 0 Å². The van der Waals surface area contributed by atoms with Gasteiger partial charge >= 0.3 is 6.09 Å². The number of nitrogens with one attached hydrogen (secondary N) is 1. The first-order valence-electron chi connectivity index (χ1n) is 6.32. The summed E-state index contributed by atoms with van der Waals surface area (Å²) in [6.07, 6.45) is 1.80. The molecule has 0 aromatic rings. The Hall–Kier alpha value is -0.780. The zero-order valence-corrected chi connectivity index (χ0v) is 12.0. The number of rotatable bonds is 1. The molecule has 2 rings (SSSR count). The zero-order valence-electron chi connectivity index (χ0n) is 11.2. The Balaban J connectivity index is 1.83. The highest BCUT2D eigenvalue weighted by Crippen LogP contribution is 2.54. The van der Waals surface area contributed by atoms with Crippen LogP contribution in [0.2, 0.25) is 0 Å². The number of carbonyl (C=O) groups excluding carboxylic acids is 1. The SMILES string of the molecule is CC(C)(C)OC(=O)NC1CC12CCS(=O)(=O)CC2. The van der Waals surface area contributed by atoms with Gasteiger partial charge in [0.15, 0.2) is 0 Å². The fraction of sp³-hybridized carbons (Fsp3) is 0.917. The molecular weight excluding hydrogens is 254 g/mol. The number of hydrogen-bond acceptors (Lipinski definition) is 4. The minimum Gasteiger partial charge on any atom is -0.444 e. The van der Waals surface area contributed by atoms with E-state index < -0.39 is 21.5 Å². The van der Waals surface area contributed by atoms with Crippen LogP contribution in [0.25, 0.3) is 0 Å². The molecule has 1 saturated heterocycles. The third kappa shape index (κ3) is 3.16. The molecule has 104 valence electrons. The van der Waals surface area contributed by atoms with Gasteiger partial charge in [0.1, 0.15) is 15.4 Å². The molecule has 0 aromatic heterocycles. The number of amides is 1. The minimum atomic E-state index is -2.84. The summed E-state index contributed by atoms with van der Waals surface area (Å²) >= 11 is 0. The number of carbonyl (C=O) groups is 1. The Morgan fingerprint density at radius 3 is 2.33 bits per heavy atom. The fourth-order valence-electron chi connectivity index (χ4n) is 2.50. The maximum atomic E-state index is 11.6. The second kappa shape index (κ2) is 4.11. The van der Waals surface area contributed by atoms with Crippen LogP contribution >= 0.6 is 0 Å². The van der Waals surface area contributed by atoms with Gasteiger partial charge in [0.25, 0.3) is 0 Å². The lowest BCUT2D eigenvalue weighted by Crippen LogP contribution is -2.37. The number of hydrogen-bond donors (Lipinski definition) is 1. The monoisotopic (exact) mass is 275 g/mol. The van der Waals surface area contributed by atoms with Crippen molar-refractivity contribution in [3.8, 4) is 0 Å². The average Bonchev–Trinajstić information content (AvgIpc) is 2.82. The minimum absolute atomic E-state index is 0.0161. The molecule has 2 fully saturated rings. The van der Waals surface area contributed by atoms with E-state index in [1.165, 1.54) is 0 Å². The molecule has 0 aromatic carbocycles. The largest absolute Gasteiger partial charge is 0.444 e. The maximum Gasteiger partial charge on any atom is 0.407 e. The highest BCUT2D eigenvalue weighted by molar-refractivity contribution is 7.91. The van der Waals surface area contributed by atoms with E-state index in [-0.39, 0.29) is 23.0 Å². The van der Waals surface area contributed by atoms with Crippen LogP contribution in [0, 0.1) is 5.41 Å². The second-order valence-corrected chi connectivity index (χ2v) is 8.72. The first-order chi connectivity index (χ1) is 8.12. The van der Waals surface area contributed by atoms with Crippen LogP contribution in [-0.2, 0) is 14.6 Å². The number of alkyl carbamates (subject to hydrolysis) is 1. The predicted octanol–water partition coefficient (Wildman–Crippen LogP) is 1.48. The lowest BCUT2D eigenvalue weighted by atomic mass is 9.99. The smallest absolute Gasteiger partial charge is 0.407 e. The molecule has 0 bridgehead atoms. The van der Waals surface area contributed by atoms with Crippen molar-refractivity contribution in [2.24, 2.45) is 5.41 Å². The summed E-state index contributed by atoms with van der Waals surface area (Å²) in [5.74, 6) is 0.499. The van der Waals surface area contributed by atoms with Gasteiger partial charge < -0.3 is 10.1 Å². The summed E-state index contributed by atoms with van der Waals surface area (Å²) in [6, 6.07) is 0.0860. The zero-order chi connectivity index (χ0) is 13.6. The van der Waals surface area contributed by atoms with Crippen LogP contribution < -0.4 is 5.32 Å². The third-order valence-corrected chi connectivity index (χ3v) is 5.35. The third-order valence-electron chi connectivity index (χ3n) is 3.70. The van der Waals surface area contributed by atoms with Crippen molar-refractivity contribution < 1.29 is 17.9 Å². The lowest BCUT2D eigenvalue weighted by molar-refractivity contribution is 0.0515. The van der Waals surface area contributed by atoms with Crippen molar-refractivity contribution in [3.63, 3.8) is 0 Å². The molecule has 6 heteroatoms.